The molecule has 9 heteroatoms. The first kappa shape index (κ1) is 20.9. The Kier molecular flexibility index (Phi) is 5.39. The molecule has 5 rings (SSSR count). The van der Waals surface area contributed by atoms with Crippen molar-refractivity contribution in [3.63, 3.8) is 0 Å². The zero-order valence-electron chi connectivity index (χ0n) is 17.9. The van der Waals surface area contributed by atoms with Gasteiger partial charge in [-0.15, -0.1) is 0 Å². The number of hydrogen-bond acceptors (Lipinski definition) is 6. The van der Waals surface area contributed by atoms with E-state index in [9.17, 15) is 9.18 Å². The van der Waals surface area contributed by atoms with E-state index in [4.69, 9.17) is 20.2 Å². The van der Waals surface area contributed by atoms with Crippen molar-refractivity contribution < 1.29 is 18.7 Å². The molecule has 3 heterocycles. The molecule has 2 aliphatic heterocycles. The average Bonchev–Trinajstić information content (AvgIpc) is 3.21. The fourth-order valence-electron chi connectivity index (χ4n) is 4.07. The van der Waals surface area contributed by atoms with Crippen LogP contribution in [0.1, 0.15) is 22.3 Å². The van der Waals surface area contributed by atoms with Gasteiger partial charge >= 0.3 is 0 Å². The van der Waals surface area contributed by atoms with Crippen LogP contribution in [0.5, 0.6) is 5.88 Å². The largest absolute Gasteiger partial charge is 0.482 e. The van der Waals surface area contributed by atoms with E-state index < -0.39 is 12.1 Å². The van der Waals surface area contributed by atoms with Crippen molar-refractivity contribution in [2.24, 2.45) is 15.7 Å². The summed E-state index contributed by atoms with van der Waals surface area (Å²) in [7, 11) is 1.54. The summed E-state index contributed by atoms with van der Waals surface area (Å²) in [6.45, 7) is 0.917. The van der Waals surface area contributed by atoms with E-state index in [1.807, 2.05) is 18.2 Å². The van der Waals surface area contributed by atoms with Crippen molar-refractivity contribution in [2.45, 2.75) is 19.1 Å². The molecule has 1 unspecified atom stereocenters. The Morgan fingerprint density at radius 3 is 2.94 bits per heavy atom. The first-order chi connectivity index (χ1) is 16.0. The van der Waals surface area contributed by atoms with Crippen LogP contribution in [0.25, 0.3) is 10.9 Å². The molecular formula is C24H22FN5O3. The van der Waals surface area contributed by atoms with Crippen LogP contribution in [-0.4, -0.2) is 42.2 Å². The van der Waals surface area contributed by atoms with Gasteiger partial charge in [0.05, 0.1) is 19.2 Å². The molecule has 0 spiro atoms. The number of ether oxygens (including phenoxy) is 2. The highest BCUT2D eigenvalue weighted by Gasteiger charge is 2.29. The zero-order chi connectivity index (χ0) is 22.9. The van der Waals surface area contributed by atoms with Gasteiger partial charge in [-0.1, -0.05) is 24.3 Å². The molecule has 1 atom stereocenters. The molecule has 3 N–H and O–H groups in total. The van der Waals surface area contributed by atoms with Crippen LogP contribution >= 0.6 is 0 Å². The monoisotopic (exact) mass is 447 g/mol. The van der Waals surface area contributed by atoms with Gasteiger partial charge in [0.2, 0.25) is 23.6 Å². The Labute approximate surface area is 189 Å². The predicted octanol–water partition coefficient (Wildman–Crippen LogP) is 2.97. The third-order valence-corrected chi connectivity index (χ3v) is 5.58. The molecule has 1 aromatic heterocycles. The number of nitrogens with one attached hydrogen (secondary N) is 1. The normalized spacial score (nSPS) is 17.5. The van der Waals surface area contributed by atoms with E-state index in [0.717, 1.165) is 17.6 Å². The van der Waals surface area contributed by atoms with E-state index in [0.29, 0.717) is 47.4 Å². The Morgan fingerprint density at radius 2 is 2.15 bits per heavy atom. The highest BCUT2D eigenvalue weighted by atomic mass is 19.1. The minimum atomic E-state index is -0.534. The number of primary amides is 1. The minimum absolute atomic E-state index is 0.293. The molecule has 2 aliphatic rings. The molecule has 0 radical (unpaired) electrons. The third kappa shape index (κ3) is 3.87. The van der Waals surface area contributed by atoms with Gasteiger partial charge in [0, 0.05) is 35.6 Å². The maximum absolute atomic E-state index is 13.6. The molecule has 168 valence electrons. The van der Waals surface area contributed by atoms with Crippen LogP contribution < -0.4 is 15.8 Å². The summed E-state index contributed by atoms with van der Waals surface area (Å²) >= 11 is 0. The van der Waals surface area contributed by atoms with Gasteiger partial charge in [-0.3, -0.25) is 10.1 Å². The molecule has 2 aromatic carbocycles. The molecule has 3 aromatic rings. The second-order valence-corrected chi connectivity index (χ2v) is 7.68. The molecule has 0 fully saturated rings. The number of hydrogen-bond donors (Lipinski definition) is 2. The van der Waals surface area contributed by atoms with Gasteiger partial charge in [0.15, 0.2) is 0 Å². The number of carbonyl (C=O) groups excluding carboxylic acids is 1. The molecule has 0 bridgehead atoms. The van der Waals surface area contributed by atoms with Crippen molar-refractivity contribution in [3.8, 4) is 5.88 Å². The summed E-state index contributed by atoms with van der Waals surface area (Å²) in [5, 5.41) is 4.00. The van der Waals surface area contributed by atoms with E-state index in [-0.39, 0.29) is 5.82 Å². The number of benzene rings is 2. The molecule has 8 nitrogen and oxygen atoms in total. The first-order valence-corrected chi connectivity index (χ1v) is 10.5. The number of aromatic nitrogens is 1. The number of halogens is 1. The zero-order valence-corrected chi connectivity index (χ0v) is 17.9. The number of amides is 1. The van der Waals surface area contributed by atoms with Crippen LogP contribution in [0, 0.1) is 5.82 Å². The molecule has 33 heavy (non-hydrogen) atoms. The number of carbonyl (C=O) groups is 1. The van der Waals surface area contributed by atoms with Crippen LogP contribution in [0.15, 0.2) is 70.2 Å². The van der Waals surface area contributed by atoms with Crippen LogP contribution in [-0.2, 0) is 11.3 Å². The maximum Gasteiger partial charge on any atom is 0.249 e. The van der Waals surface area contributed by atoms with Gasteiger partial charge in [-0.25, -0.2) is 13.9 Å². The van der Waals surface area contributed by atoms with Gasteiger partial charge < -0.3 is 15.2 Å². The lowest BCUT2D eigenvalue weighted by Crippen LogP contribution is -2.39. The lowest BCUT2D eigenvalue weighted by molar-refractivity contribution is 0.100. The molecule has 0 aliphatic carbocycles. The Hall–Kier alpha value is -3.98. The average molecular weight is 447 g/mol. The van der Waals surface area contributed by atoms with Crippen LogP contribution in [0.2, 0.25) is 0 Å². The topological polar surface area (TPSA) is 103 Å². The Balaban J connectivity index is 1.58. The van der Waals surface area contributed by atoms with E-state index in [2.05, 4.69) is 10.3 Å². The molecule has 1 amide bonds. The smallest absolute Gasteiger partial charge is 0.249 e. The SMILES string of the molecule is COc1cc2c(C(N)=O)cccc2n1C1=NC(NCc2cccc(F)c2)C2=CCCOC2=N1. The summed E-state index contributed by atoms with van der Waals surface area (Å²) in [6, 6.07) is 13.4. The number of fused-ring (bicyclic) bond motifs is 2. The standard InChI is InChI=1S/C24H22FN5O3/c1-32-20-12-18-16(21(26)31)7-3-9-19(18)30(20)24-28-22(17-8-4-10-33-23(17)29-24)27-13-14-5-2-6-15(25)11-14/h2-3,5-9,11-12,22,27H,4,10,13H2,1H3,(H2,26,31). The second kappa shape index (κ2) is 8.51. The lowest BCUT2D eigenvalue weighted by atomic mass is 10.1. The van der Waals surface area contributed by atoms with Gasteiger partial charge in [0.25, 0.3) is 0 Å². The van der Waals surface area contributed by atoms with E-state index in [1.54, 1.807) is 28.8 Å². The van der Waals surface area contributed by atoms with E-state index >= 15 is 0 Å². The van der Waals surface area contributed by atoms with Crippen molar-refractivity contribution in [1.29, 1.82) is 0 Å². The summed E-state index contributed by atoms with van der Waals surface area (Å²) in [4.78, 5) is 21.4. The second-order valence-electron chi connectivity index (χ2n) is 7.68. The number of aliphatic imine (C=N–C) groups is 2. The highest BCUT2D eigenvalue weighted by Crippen LogP contribution is 2.30. The summed E-state index contributed by atoms with van der Waals surface area (Å²) in [5.74, 6) is 0.437. The fraction of sp³-hybridized carbons (Fsp3) is 0.208. The fourth-order valence-corrected chi connectivity index (χ4v) is 4.07. The first-order valence-electron chi connectivity index (χ1n) is 10.5. The summed E-state index contributed by atoms with van der Waals surface area (Å²) in [5.41, 5.74) is 8.24. The van der Waals surface area contributed by atoms with Crippen molar-refractivity contribution in [1.82, 2.24) is 9.88 Å². The van der Waals surface area contributed by atoms with Gasteiger partial charge in [-0.2, -0.15) is 4.99 Å². The van der Waals surface area contributed by atoms with Crippen molar-refractivity contribution in [3.05, 3.63) is 77.1 Å². The van der Waals surface area contributed by atoms with Crippen molar-refractivity contribution in [2.75, 3.05) is 13.7 Å². The van der Waals surface area contributed by atoms with Crippen LogP contribution in [0.4, 0.5) is 4.39 Å². The van der Waals surface area contributed by atoms with E-state index in [1.165, 1.54) is 19.2 Å². The maximum atomic E-state index is 13.6. The predicted molar refractivity (Wildman–Crippen MR) is 123 cm³/mol. The summed E-state index contributed by atoms with van der Waals surface area (Å²) in [6.07, 6.45) is 2.33. The number of methoxy groups -OCH3 is 1. The Bertz CT molecular complexity index is 1340. The molecule has 0 saturated heterocycles. The molecule has 0 saturated carbocycles. The lowest BCUT2D eigenvalue weighted by Gasteiger charge is -2.27. The minimum Gasteiger partial charge on any atom is -0.482 e. The quantitative estimate of drug-likeness (QED) is 0.628. The van der Waals surface area contributed by atoms with Gasteiger partial charge in [0.1, 0.15) is 12.0 Å². The number of nitrogens with two attached hydrogens (primary N) is 1. The highest BCUT2D eigenvalue weighted by molar-refractivity contribution is 6.12. The van der Waals surface area contributed by atoms with Gasteiger partial charge in [-0.05, 0) is 29.8 Å². The summed E-state index contributed by atoms with van der Waals surface area (Å²) < 4.78 is 26.7. The van der Waals surface area contributed by atoms with Crippen LogP contribution in [0.3, 0.4) is 0 Å². The van der Waals surface area contributed by atoms with Crippen molar-refractivity contribution >= 4 is 28.7 Å². The number of rotatable bonds is 5. The third-order valence-electron chi connectivity index (χ3n) is 5.58. The Morgan fingerprint density at radius 1 is 1.30 bits per heavy atom. The molecular weight excluding hydrogens is 425 g/mol. The number of nitrogens with zero attached hydrogens (tertiary/aromatic N) is 3.